The van der Waals surface area contributed by atoms with Crippen LogP contribution in [0.5, 0.6) is 0 Å². The third-order valence-corrected chi connectivity index (χ3v) is 2.69. The van der Waals surface area contributed by atoms with Gasteiger partial charge in [0.25, 0.3) is 0 Å². The van der Waals surface area contributed by atoms with Gasteiger partial charge >= 0.3 is 0 Å². The van der Waals surface area contributed by atoms with Crippen molar-refractivity contribution in [2.75, 3.05) is 0 Å². The molecule has 0 fully saturated rings. The molecule has 0 radical (unpaired) electrons. The molecule has 0 aliphatic heterocycles. The molecule has 0 spiro atoms. The highest BCUT2D eigenvalue weighted by molar-refractivity contribution is 5.98. The summed E-state index contributed by atoms with van der Waals surface area (Å²) in [5.41, 5.74) is 0.601. The zero-order valence-electron chi connectivity index (χ0n) is 7.81. The number of rotatable bonds is 0. The zero-order valence-corrected chi connectivity index (χ0v) is 7.81. The number of ketones is 1. The summed E-state index contributed by atoms with van der Waals surface area (Å²) in [6.45, 7) is 1.85. The van der Waals surface area contributed by atoms with E-state index in [1.165, 1.54) is 0 Å². The normalized spacial score (nSPS) is 20.8. The van der Waals surface area contributed by atoms with E-state index in [0.29, 0.717) is 18.4 Å². The Morgan fingerprint density at radius 3 is 2.79 bits per heavy atom. The quantitative estimate of drug-likeness (QED) is 0.623. The van der Waals surface area contributed by atoms with Gasteiger partial charge in [-0.3, -0.25) is 4.79 Å². The lowest BCUT2D eigenvalue weighted by Crippen LogP contribution is -2.16. The summed E-state index contributed by atoms with van der Waals surface area (Å²) in [5, 5.41) is 0. The van der Waals surface area contributed by atoms with Crippen LogP contribution in [0.3, 0.4) is 0 Å². The third-order valence-electron chi connectivity index (χ3n) is 2.69. The predicted octanol–water partition coefficient (Wildman–Crippen LogP) is 3.04. The highest BCUT2D eigenvalue weighted by atomic mass is 19.1. The van der Waals surface area contributed by atoms with Crippen LogP contribution in [0.2, 0.25) is 0 Å². The number of benzene rings is 1. The second-order valence-corrected chi connectivity index (χ2v) is 3.71. The van der Waals surface area contributed by atoms with E-state index in [9.17, 15) is 13.6 Å². The molecule has 0 bridgehead atoms. The minimum absolute atomic E-state index is 0.00306. The van der Waals surface area contributed by atoms with Gasteiger partial charge in [-0.05, 0) is 18.4 Å². The van der Waals surface area contributed by atoms with Gasteiger partial charge in [-0.2, -0.15) is 0 Å². The van der Waals surface area contributed by atoms with Gasteiger partial charge in [-0.25, -0.2) is 8.78 Å². The molecule has 0 saturated carbocycles. The molecule has 74 valence electrons. The third kappa shape index (κ3) is 1.33. The minimum Gasteiger partial charge on any atom is -0.294 e. The highest BCUT2D eigenvalue weighted by Crippen LogP contribution is 2.33. The summed E-state index contributed by atoms with van der Waals surface area (Å²) in [5.74, 6) is -1.43. The van der Waals surface area contributed by atoms with Gasteiger partial charge in [0.2, 0.25) is 0 Å². The maximum absolute atomic E-state index is 13.4. The summed E-state index contributed by atoms with van der Waals surface area (Å²) in [4.78, 5) is 11.4. The van der Waals surface area contributed by atoms with E-state index in [-0.39, 0.29) is 17.3 Å². The van der Waals surface area contributed by atoms with Crippen molar-refractivity contribution >= 4 is 5.78 Å². The van der Waals surface area contributed by atoms with Crippen LogP contribution in [0, 0.1) is 11.6 Å². The number of carbonyl (C=O) groups excluding carboxylic acids is 1. The van der Waals surface area contributed by atoms with Crippen LogP contribution in [-0.2, 0) is 0 Å². The Hall–Kier alpha value is -1.25. The van der Waals surface area contributed by atoms with Gasteiger partial charge < -0.3 is 0 Å². The van der Waals surface area contributed by atoms with Crippen molar-refractivity contribution in [3.63, 3.8) is 0 Å². The summed E-state index contributed by atoms with van der Waals surface area (Å²) >= 11 is 0. The van der Waals surface area contributed by atoms with Gasteiger partial charge in [0.05, 0.1) is 0 Å². The first kappa shape index (κ1) is 9.31. The first-order valence-electron chi connectivity index (χ1n) is 4.61. The Morgan fingerprint density at radius 2 is 2.07 bits per heavy atom. The van der Waals surface area contributed by atoms with E-state index in [4.69, 9.17) is 0 Å². The number of carbonyl (C=O) groups is 1. The van der Waals surface area contributed by atoms with Crippen molar-refractivity contribution in [2.45, 2.75) is 25.7 Å². The van der Waals surface area contributed by atoms with Crippen molar-refractivity contribution in [3.05, 3.63) is 34.9 Å². The van der Waals surface area contributed by atoms with Crippen LogP contribution in [0.25, 0.3) is 0 Å². The molecule has 1 nitrogen and oxygen atoms in total. The van der Waals surface area contributed by atoms with Gasteiger partial charge in [-0.15, -0.1) is 0 Å². The lowest BCUT2D eigenvalue weighted by atomic mass is 9.83. The molecule has 1 aromatic rings. The molecule has 3 heteroatoms. The van der Waals surface area contributed by atoms with Crippen molar-refractivity contribution in [1.82, 2.24) is 0 Å². The molecular weight excluding hydrogens is 186 g/mol. The molecule has 0 saturated heterocycles. The summed E-state index contributed by atoms with van der Waals surface area (Å²) in [6.07, 6.45) is 1.03. The minimum atomic E-state index is -0.677. The maximum atomic E-state index is 13.4. The van der Waals surface area contributed by atoms with Gasteiger partial charge in [0, 0.05) is 23.6 Å². The van der Waals surface area contributed by atoms with Crippen LogP contribution in [0.1, 0.15) is 41.6 Å². The molecule has 0 N–H and O–H groups in total. The molecule has 2 rings (SSSR count). The Balaban J connectivity index is 2.66. The van der Waals surface area contributed by atoms with Crippen LogP contribution in [0.4, 0.5) is 8.78 Å². The average molecular weight is 196 g/mol. The van der Waals surface area contributed by atoms with E-state index >= 15 is 0 Å². The topological polar surface area (TPSA) is 17.1 Å². The SMILES string of the molecule is CC1CCC(=O)c2cc(F)cc(F)c21. The van der Waals surface area contributed by atoms with Crippen molar-refractivity contribution in [3.8, 4) is 0 Å². The second-order valence-electron chi connectivity index (χ2n) is 3.71. The van der Waals surface area contributed by atoms with E-state index in [1.54, 1.807) is 0 Å². The fourth-order valence-corrected chi connectivity index (χ4v) is 1.94. The van der Waals surface area contributed by atoms with E-state index < -0.39 is 11.6 Å². The summed E-state index contributed by atoms with van der Waals surface area (Å²) in [7, 11) is 0. The molecule has 1 atom stereocenters. The fraction of sp³-hybridized carbons (Fsp3) is 0.364. The molecular formula is C11H10F2O. The number of halogens is 2. The first-order chi connectivity index (χ1) is 6.59. The molecule has 0 amide bonds. The van der Waals surface area contributed by atoms with Crippen LogP contribution in [-0.4, -0.2) is 5.78 Å². The van der Waals surface area contributed by atoms with Crippen LogP contribution in [0.15, 0.2) is 12.1 Å². The lowest BCUT2D eigenvalue weighted by molar-refractivity contribution is 0.0966. The Morgan fingerprint density at radius 1 is 1.36 bits per heavy atom. The number of Topliss-reactive ketones (excluding diaryl/α,β-unsaturated/α-hetero) is 1. The van der Waals surface area contributed by atoms with Crippen molar-refractivity contribution in [1.29, 1.82) is 0 Å². The Bertz CT molecular complexity index is 399. The molecule has 1 aliphatic rings. The molecule has 1 aromatic carbocycles. The first-order valence-corrected chi connectivity index (χ1v) is 4.61. The highest BCUT2D eigenvalue weighted by Gasteiger charge is 2.26. The Kier molecular flexibility index (Phi) is 2.10. The number of hydrogen-bond donors (Lipinski definition) is 0. The molecule has 0 heterocycles. The molecule has 14 heavy (non-hydrogen) atoms. The predicted molar refractivity (Wildman–Crippen MR) is 48.3 cm³/mol. The summed E-state index contributed by atoms with van der Waals surface area (Å²) < 4.78 is 26.2. The number of fused-ring (bicyclic) bond motifs is 1. The molecule has 1 aliphatic carbocycles. The fourth-order valence-electron chi connectivity index (χ4n) is 1.94. The lowest BCUT2D eigenvalue weighted by Gasteiger charge is -2.21. The second kappa shape index (κ2) is 3.15. The largest absolute Gasteiger partial charge is 0.294 e. The van der Waals surface area contributed by atoms with E-state index in [1.807, 2.05) is 6.92 Å². The standard InChI is InChI=1S/C11H10F2O/c1-6-2-3-10(14)8-4-7(12)5-9(13)11(6)8/h4-6H,2-3H2,1H3. The van der Waals surface area contributed by atoms with Gasteiger partial charge in [0.1, 0.15) is 11.6 Å². The molecule has 0 aromatic heterocycles. The Labute approximate surface area is 80.7 Å². The maximum Gasteiger partial charge on any atom is 0.163 e. The summed E-state index contributed by atoms with van der Waals surface area (Å²) in [6, 6.07) is 1.98. The van der Waals surface area contributed by atoms with E-state index in [0.717, 1.165) is 12.1 Å². The van der Waals surface area contributed by atoms with Gasteiger partial charge in [-0.1, -0.05) is 6.92 Å². The zero-order chi connectivity index (χ0) is 10.3. The smallest absolute Gasteiger partial charge is 0.163 e. The van der Waals surface area contributed by atoms with E-state index in [2.05, 4.69) is 0 Å². The monoisotopic (exact) mass is 196 g/mol. The average Bonchev–Trinajstić information content (AvgIpc) is 2.10. The van der Waals surface area contributed by atoms with Crippen molar-refractivity contribution in [2.24, 2.45) is 0 Å². The van der Waals surface area contributed by atoms with Crippen LogP contribution >= 0.6 is 0 Å². The van der Waals surface area contributed by atoms with Crippen molar-refractivity contribution < 1.29 is 13.6 Å². The number of hydrogen-bond acceptors (Lipinski definition) is 1. The molecule has 1 unspecified atom stereocenters. The van der Waals surface area contributed by atoms with Gasteiger partial charge in [0.15, 0.2) is 5.78 Å². The van der Waals surface area contributed by atoms with Crippen LogP contribution < -0.4 is 0 Å².